The summed E-state index contributed by atoms with van der Waals surface area (Å²) < 4.78 is 7.78. The number of aromatic nitrogens is 3. The van der Waals surface area contributed by atoms with Crippen molar-refractivity contribution in [1.82, 2.24) is 14.8 Å². The van der Waals surface area contributed by atoms with Gasteiger partial charge >= 0.3 is 0 Å². The van der Waals surface area contributed by atoms with Crippen LogP contribution in [-0.4, -0.2) is 26.0 Å². The second-order valence-corrected chi connectivity index (χ2v) is 4.30. The van der Waals surface area contributed by atoms with Crippen LogP contribution in [-0.2, 0) is 17.9 Å². The van der Waals surface area contributed by atoms with Crippen molar-refractivity contribution < 1.29 is 9.84 Å². The fourth-order valence-electron chi connectivity index (χ4n) is 2.16. The first-order chi connectivity index (χ1) is 7.76. The Hall–Kier alpha value is -0.940. The van der Waals surface area contributed by atoms with E-state index in [1.165, 1.54) is 0 Å². The lowest BCUT2D eigenvalue weighted by Gasteiger charge is -2.13. The molecule has 1 fully saturated rings. The molecule has 0 aromatic carbocycles. The van der Waals surface area contributed by atoms with Crippen molar-refractivity contribution in [3.63, 3.8) is 0 Å². The summed E-state index contributed by atoms with van der Waals surface area (Å²) in [5, 5.41) is 17.3. The van der Waals surface area contributed by atoms with Gasteiger partial charge in [0.1, 0.15) is 12.7 Å². The Morgan fingerprint density at radius 1 is 1.44 bits per heavy atom. The van der Waals surface area contributed by atoms with E-state index < -0.39 is 0 Å². The molecule has 1 aromatic rings. The average molecular weight is 225 g/mol. The first-order valence-electron chi connectivity index (χ1n) is 5.94. The van der Waals surface area contributed by atoms with Gasteiger partial charge in [-0.3, -0.25) is 0 Å². The Bertz CT molecular complexity index is 351. The molecule has 5 heteroatoms. The third kappa shape index (κ3) is 2.10. The predicted molar refractivity (Wildman–Crippen MR) is 58.8 cm³/mol. The van der Waals surface area contributed by atoms with E-state index in [4.69, 9.17) is 4.74 Å². The van der Waals surface area contributed by atoms with Gasteiger partial charge in [0.05, 0.1) is 6.10 Å². The lowest BCUT2D eigenvalue weighted by atomic mass is 10.2. The minimum absolute atomic E-state index is 0.0503. The van der Waals surface area contributed by atoms with Crippen LogP contribution in [0.5, 0.6) is 0 Å². The van der Waals surface area contributed by atoms with Crippen molar-refractivity contribution in [1.29, 1.82) is 0 Å². The van der Waals surface area contributed by atoms with Crippen LogP contribution in [0.25, 0.3) is 0 Å². The maximum Gasteiger partial charge on any atom is 0.162 e. The van der Waals surface area contributed by atoms with Crippen molar-refractivity contribution in [2.45, 2.75) is 58.5 Å². The van der Waals surface area contributed by atoms with Crippen LogP contribution in [0.2, 0.25) is 0 Å². The standard InChI is InChI=1S/C11H19N3O2/c1-3-6-14-10(7-15)12-13-11(14)9-5-4-8(2)16-9/h8-9,15H,3-7H2,1-2H3. The molecule has 0 aliphatic carbocycles. The van der Waals surface area contributed by atoms with Crippen LogP contribution in [0.1, 0.15) is 50.9 Å². The normalized spacial score (nSPS) is 25.2. The van der Waals surface area contributed by atoms with Gasteiger partial charge in [-0.1, -0.05) is 6.92 Å². The molecule has 1 aromatic heterocycles. The van der Waals surface area contributed by atoms with Crippen LogP contribution in [0.3, 0.4) is 0 Å². The summed E-state index contributed by atoms with van der Waals surface area (Å²) in [6.07, 6.45) is 3.41. The van der Waals surface area contributed by atoms with E-state index >= 15 is 0 Å². The van der Waals surface area contributed by atoms with Gasteiger partial charge in [0.15, 0.2) is 11.6 Å². The maximum absolute atomic E-state index is 9.19. The fourth-order valence-corrected chi connectivity index (χ4v) is 2.16. The number of hydrogen-bond donors (Lipinski definition) is 1. The van der Waals surface area contributed by atoms with E-state index in [1.807, 2.05) is 4.57 Å². The first kappa shape index (κ1) is 11.5. The summed E-state index contributed by atoms with van der Waals surface area (Å²) in [7, 11) is 0. The molecular formula is C11H19N3O2. The number of ether oxygens (including phenoxy) is 1. The Balaban J connectivity index is 2.22. The zero-order valence-electron chi connectivity index (χ0n) is 9.89. The molecule has 2 heterocycles. The van der Waals surface area contributed by atoms with Crippen LogP contribution in [0.15, 0.2) is 0 Å². The van der Waals surface area contributed by atoms with Crippen molar-refractivity contribution >= 4 is 0 Å². The Kier molecular flexibility index (Phi) is 3.56. The summed E-state index contributed by atoms with van der Waals surface area (Å²) >= 11 is 0. The molecule has 0 saturated carbocycles. The molecule has 0 amide bonds. The summed E-state index contributed by atoms with van der Waals surface area (Å²) in [5.41, 5.74) is 0. The van der Waals surface area contributed by atoms with E-state index in [0.29, 0.717) is 11.9 Å². The molecule has 1 N–H and O–H groups in total. The van der Waals surface area contributed by atoms with Crippen molar-refractivity contribution in [3.8, 4) is 0 Å². The van der Waals surface area contributed by atoms with Gasteiger partial charge in [0.25, 0.3) is 0 Å². The van der Waals surface area contributed by atoms with Crippen LogP contribution < -0.4 is 0 Å². The molecular weight excluding hydrogens is 206 g/mol. The Morgan fingerprint density at radius 2 is 2.25 bits per heavy atom. The monoisotopic (exact) mass is 225 g/mol. The number of aliphatic hydroxyl groups excluding tert-OH is 1. The molecule has 16 heavy (non-hydrogen) atoms. The molecule has 1 aliphatic heterocycles. The molecule has 1 aliphatic rings. The molecule has 1 saturated heterocycles. The minimum Gasteiger partial charge on any atom is -0.388 e. The first-order valence-corrected chi connectivity index (χ1v) is 5.94. The quantitative estimate of drug-likeness (QED) is 0.842. The molecule has 2 rings (SSSR count). The van der Waals surface area contributed by atoms with Gasteiger partial charge in [0.2, 0.25) is 0 Å². The topological polar surface area (TPSA) is 60.2 Å². The SMILES string of the molecule is CCCn1c(CO)nnc1C1CCC(C)O1. The van der Waals surface area contributed by atoms with Gasteiger partial charge in [-0.2, -0.15) is 0 Å². The smallest absolute Gasteiger partial charge is 0.162 e. The molecule has 5 nitrogen and oxygen atoms in total. The fraction of sp³-hybridized carbons (Fsp3) is 0.818. The highest BCUT2D eigenvalue weighted by molar-refractivity contribution is 5.00. The second kappa shape index (κ2) is 4.93. The van der Waals surface area contributed by atoms with Crippen LogP contribution >= 0.6 is 0 Å². The Morgan fingerprint density at radius 3 is 2.81 bits per heavy atom. The zero-order chi connectivity index (χ0) is 11.5. The van der Waals surface area contributed by atoms with E-state index in [2.05, 4.69) is 24.0 Å². The molecule has 0 bridgehead atoms. The van der Waals surface area contributed by atoms with Gasteiger partial charge in [-0.15, -0.1) is 10.2 Å². The maximum atomic E-state index is 9.19. The summed E-state index contributed by atoms with van der Waals surface area (Å²) in [5.74, 6) is 1.51. The largest absolute Gasteiger partial charge is 0.388 e. The number of nitrogens with zero attached hydrogens (tertiary/aromatic N) is 3. The summed E-state index contributed by atoms with van der Waals surface area (Å²) in [6.45, 7) is 4.96. The van der Waals surface area contributed by atoms with Crippen molar-refractivity contribution in [3.05, 3.63) is 11.6 Å². The van der Waals surface area contributed by atoms with Crippen molar-refractivity contribution in [2.24, 2.45) is 0 Å². The van der Waals surface area contributed by atoms with Crippen molar-refractivity contribution in [2.75, 3.05) is 0 Å². The summed E-state index contributed by atoms with van der Waals surface area (Å²) in [4.78, 5) is 0. The van der Waals surface area contributed by atoms with E-state index in [0.717, 1.165) is 31.6 Å². The van der Waals surface area contributed by atoms with Gasteiger partial charge in [-0.25, -0.2) is 0 Å². The van der Waals surface area contributed by atoms with Crippen LogP contribution in [0.4, 0.5) is 0 Å². The predicted octanol–water partition coefficient (Wildman–Crippen LogP) is 1.42. The highest BCUT2D eigenvalue weighted by atomic mass is 16.5. The molecule has 2 unspecified atom stereocenters. The highest BCUT2D eigenvalue weighted by Crippen LogP contribution is 2.31. The third-order valence-electron chi connectivity index (χ3n) is 2.96. The van der Waals surface area contributed by atoms with Crippen LogP contribution in [0, 0.1) is 0 Å². The van der Waals surface area contributed by atoms with E-state index in [-0.39, 0.29) is 12.7 Å². The Labute approximate surface area is 95.4 Å². The van der Waals surface area contributed by atoms with E-state index in [9.17, 15) is 5.11 Å². The number of hydrogen-bond acceptors (Lipinski definition) is 4. The number of rotatable bonds is 4. The molecule has 90 valence electrons. The zero-order valence-corrected chi connectivity index (χ0v) is 9.89. The lowest BCUT2D eigenvalue weighted by molar-refractivity contribution is 0.0476. The third-order valence-corrected chi connectivity index (χ3v) is 2.96. The molecule has 0 spiro atoms. The second-order valence-electron chi connectivity index (χ2n) is 4.30. The lowest BCUT2D eigenvalue weighted by Crippen LogP contribution is -2.12. The average Bonchev–Trinajstić information content (AvgIpc) is 2.85. The summed E-state index contributed by atoms with van der Waals surface area (Å²) in [6, 6.07) is 0. The van der Waals surface area contributed by atoms with Gasteiger partial charge < -0.3 is 14.4 Å². The highest BCUT2D eigenvalue weighted by Gasteiger charge is 2.28. The molecule has 0 radical (unpaired) electrons. The number of aliphatic hydroxyl groups is 1. The minimum atomic E-state index is -0.0602. The van der Waals surface area contributed by atoms with E-state index in [1.54, 1.807) is 0 Å². The van der Waals surface area contributed by atoms with Gasteiger partial charge in [0, 0.05) is 6.54 Å². The van der Waals surface area contributed by atoms with Gasteiger partial charge in [-0.05, 0) is 26.2 Å². The molecule has 2 atom stereocenters.